The molecule has 0 heterocycles. The van der Waals surface area contributed by atoms with Gasteiger partial charge in [0.2, 0.25) is 0 Å². The maximum Gasteiger partial charge on any atom is 0.119 e. The van der Waals surface area contributed by atoms with E-state index >= 15 is 0 Å². The van der Waals surface area contributed by atoms with Crippen LogP contribution in [0.1, 0.15) is 36.5 Å². The maximum atomic E-state index is 5.67. The number of halogens is 1. The van der Waals surface area contributed by atoms with E-state index in [2.05, 4.69) is 66.1 Å². The van der Waals surface area contributed by atoms with Crippen LogP contribution in [0.25, 0.3) is 0 Å². The Morgan fingerprint density at radius 1 is 1.09 bits per heavy atom. The van der Waals surface area contributed by atoms with Crippen molar-refractivity contribution in [2.24, 2.45) is 0 Å². The molecule has 2 rings (SSSR count). The summed E-state index contributed by atoms with van der Waals surface area (Å²) in [5.41, 5.74) is 3.41. The topological polar surface area (TPSA) is 9.23 Å². The van der Waals surface area contributed by atoms with Crippen LogP contribution in [0.4, 0.5) is 0 Å². The minimum atomic E-state index is 0.722. The Morgan fingerprint density at radius 3 is 2.48 bits per heavy atom. The minimum absolute atomic E-state index is 0.722. The monoisotopic (exact) mass is 416 g/mol. The van der Waals surface area contributed by atoms with Gasteiger partial charge in [-0.25, -0.2) is 0 Å². The zero-order valence-corrected chi connectivity index (χ0v) is 15.6. The van der Waals surface area contributed by atoms with E-state index < -0.39 is 0 Å². The van der Waals surface area contributed by atoms with Crippen LogP contribution >= 0.6 is 22.6 Å². The number of rotatable bonds is 6. The van der Waals surface area contributed by atoms with Crippen LogP contribution in [0, 0.1) is 15.4 Å². The van der Waals surface area contributed by atoms with E-state index in [1.807, 2.05) is 30.3 Å². The first-order valence-electron chi connectivity index (χ1n) is 7.87. The molecule has 0 spiro atoms. The molecule has 2 aromatic rings. The van der Waals surface area contributed by atoms with Gasteiger partial charge in [0.1, 0.15) is 5.75 Å². The number of unbranched alkanes of at least 4 members (excludes halogenated alkanes) is 1. The highest BCUT2D eigenvalue weighted by Crippen LogP contribution is 2.15. The van der Waals surface area contributed by atoms with Gasteiger partial charge in [-0.2, -0.15) is 0 Å². The molecule has 118 valence electrons. The lowest BCUT2D eigenvalue weighted by Gasteiger charge is -2.04. The molecule has 0 fully saturated rings. The third-order valence-electron chi connectivity index (χ3n) is 3.45. The highest BCUT2D eigenvalue weighted by atomic mass is 127. The smallest absolute Gasteiger partial charge is 0.119 e. The van der Waals surface area contributed by atoms with E-state index in [9.17, 15) is 0 Å². The summed E-state index contributed by atoms with van der Waals surface area (Å²) >= 11 is 2.37. The summed E-state index contributed by atoms with van der Waals surface area (Å²) in [6, 6.07) is 14.3. The third-order valence-corrected chi connectivity index (χ3v) is 4.51. The first-order valence-corrected chi connectivity index (χ1v) is 8.95. The summed E-state index contributed by atoms with van der Waals surface area (Å²) < 4.78 is 6.97. The molecule has 0 unspecified atom stereocenters. The van der Waals surface area contributed by atoms with Gasteiger partial charge < -0.3 is 4.74 Å². The number of aryl methyl sites for hydroxylation is 1. The molecule has 0 aliphatic carbocycles. The lowest BCUT2D eigenvalue weighted by atomic mass is 10.1. The second-order valence-electron chi connectivity index (χ2n) is 5.21. The van der Waals surface area contributed by atoms with E-state index in [0.29, 0.717) is 0 Å². The fraction of sp³-hybridized carbons (Fsp3) is 0.238. The van der Waals surface area contributed by atoms with Crippen molar-refractivity contribution < 1.29 is 4.74 Å². The Hall–Kier alpha value is -1.73. The van der Waals surface area contributed by atoms with Crippen LogP contribution < -0.4 is 4.74 Å². The van der Waals surface area contributed by atoms with Gasteiger partial charge in [-0.3, -0.25) is 0 Å². The van der Waals surface area contributed by atoms with Crippen LogP contribution in [0.15, 0.2) is 55.1 Å². The number of ether oxygens (including phenoxy) is 1. The van der Waals surface area contributed by atoms with Crippen molar-refractivity contribution >= 4 is 22.6 Å². The predicted molar refractivity (Wildman–Crippen MR) is 106 cm³/mol. The van der Waals surface area contributed by atoms with Gasteiger partial charge in [0.05, 0.1) is 6.61 Å². The third kappa shape index (κ3) is 5.76. The highest BCUT2D eigenvalue weighted by molar-refractivity contribution is 14.1. The van der Waals surface area contributed by atoms with Gasteiger partial charge in [0.15, 0.2) is 0 Å². The molecule has 0 N–H and O–H groups in total. The molecule has 0 aromatic heterocycles. The van der Waals surface area contributed by atoms with Gasteiger partial charge >= 0.3 is 0 Å². The summed E-state index contributed by atoms with van der Waals surface area (Å²) in [7, 11) is 0. The number of hydrogen-bond donors (Lipinski definition) is 0. The fourth-order valence-electron chi connectivity index (χ4n) is 2.12. The van der Waals surface area contributed by atoms with Gasteiger partial charge in [-0.05, 0) is 89.9 Å². The Balaban J connectivity index is 2.00. The molecule has 0 saturated heterocycles. The average molecular weight is 416 g/mol. The van der Waals surface area contributed by atoms with Crippen molar-refractivity contribution in [1.82, 2.24) is 0 Å². The number of hydrogen-bond acceptors (Lipinski definition) is 1. The Labute approximate surface area is 152 Å². The van der Waals surface area contributed by atoms with Crippen molar-refractivity contribution in [3.05, 3.63) is 75.4 Å². The molecule has 2 heteroatoms. The molecule has 0 saturated carbocycles. The van der Waals surface area contributed by atoms with Crippen LogP contribution in [-0.4, -0.2) is 6.61 Å². The fourth-order valence-corrected chi connectivity index (χ4v) is 2.84. The van der Waals surface area contributed by atoms with Crippen molar-refractivity contribution in [1.29, 1.82) is 0 Å². The van der Waals surface area contributed by atoms with E-state index in [1.165, 1.54) is 9.13 Å². The molecule has 1 nitrogen and oxygen atoms in total. The van der Waals surface area contributed by atoms with E-state index in [0.717, 1.165) is 42.7 Å². The second-order valence-corrected chi connectivity index (χ2v) is 6.38. The molecule has 23 heavy (non-hydrogen) atoms. The van der Waals surface area contributed by atoms with Gasteiger partial charge in [0.25, 0.3) is 0 Å². The summed E-state index contributed by atoms with van der Waals surface area (Å²) in [5, 5.41) is 0. The van der Waals surface area contributed by atoms with Crippen molar-refractivity contribution in [3.63, 3.8) is 0 Å². The minimum Gasteiger partial charge on any atom is -0.494 e. The second kappa shape index (κ2) is 9.42. The van der Waals surface area contributed by atoms with Crippen molar-refractivity contribution in [3.8, 4) is 17.6 Å². The Morgan fingerprint density at radius 2 is 1.78 bits per heavy atom. The average Bonchev–Trinajstić information content (AvgIpc) is 2.59. The SMILES string of the molecule is C=CCCCOc1ccc(C#Cc2ccc(I)c(CC)c2)cc1. The molecular formula is C21H21IO. The van der Waals surface area contributed by atoms with E-state index in [1.54, 1.807) is 0 Å². The molecule has 0 aliphatic heterocycles. The number of benzene rings is 2. The summed E-state index contributed by atoms with van der Waals surface area (Å²) in [4.78, 5) is 0. The largest absolute Gasteiger partial charge is 0.494 e. The summed E-state index contributed by atoms with van der Waals surface area (Å²) in [5.74, 6) is 7.34. The molecule has 0 aliphatic rings. The Kier molecular flexibility index (Phi) is 7.22. The lowest BCUT2D eigenvalue weighted by molar-refractivity contribution is 0.312. The van der Waals surface area contributed by atoms with Gasteiger partial charge in [-0.1, -0.05) is 24.8 Å². The number of allylic oxidation sites excluding steroid dienone is 1. The van der Waals surface area contributed by atoms with E-state index in [4.69, 9.17) is 4.74 Å². The molecular weight excluding hydrogens is 395 g/mol. The highest BCUT2D eigenvalue weighted by Gasteiger charge is 1.98. The maximum absolute atomic E-state index is 5.67. The Bertz CT molecular complexity index is 705. The van der Waals surface area contributed by atoms with Crippen LogP contribution in [-0.2, 0) is 6.42 Å². The van der Waals surface area contributed by atoms with Crippen molar-refractivity contribution in [2.75, 3.05) is 6.61 Å². The zero-order chi connectivity index (χ0) is 16.5. The van der Waals surface area contributed by atoms with Crippen LogP contribution in [0.3, 0.4) is 0 Å². The molecule has 0 bridgehead atoms. The summed E-state index contributed by atoms with van der Waals surface area (Å²) in [6.07, 6.45) is 4.93. The molecule has 0 radical (unpaired) electrons. The molecule has 0 atom stereocenters. The van der Waals surface area contributed by atoms with Gasteiger partial charge in [-0.15, -0.1) is 6.58 Å². The van der Waals surface area contributed by atoms with Crippen molar-refractivity contribution in [2.45, 2.75) is 26.2 Å². The van der Waals surface area contributed by atoms with Crippen LogP contribution in [0.5, 0.6) is 5.75 Å². The summed E-state index contributed by atoms with van der Waals surface area (Å²) in [6.45, 7) is 6.60. The van der Waals surface area contributed by atoms with E-state index in [-0.39, 0.29) is 0 Å². The first kappa shape index (κ1) is 17.6. The standard InChI is InChI=1S/C21H21IO/c1-3-5-6-15-23-20-12-9-17(10-13-20)7-8-18-11-14-21(22)19(4-2)16-18/h3,9-14,16H,1,4-6,15H2,2H3. The first-order chi connectivity index (χ1) is 11.2. The van der Waals surface area contributed by atoms with Gasteiger partial charge in [0, 0.05) is 14.7 Å². The lowest BCUT2D eigenvalue weighted by Crippen LogP contribution is -1.96. The zero-order valence-electron chi connectivity index (χ0n) is 13.4. The molecule has 0 amide bonds. The molecule has 2 aromatic carbocycles. The predicted octanol–water partition coefficient (Wildman–Crippen LogP) is 5.60. The normalized spacial score (nSPS) is 9.83. The van der Waals surface area contributed by atoms with Crippen LogP contribution in [0.2, 0.25) is 0 Å². The quantitative estimate of drug-likeness (QED) is 0.258.